The third kappa shape index (κ3) is 2.04. The molecule has 0 bridgehead atoms. The molecule has 4 nitrogen and oxygen atoms in total. The number of amides is 2. The number of hydrogen-bond donors (Lipinski definition) is 1. The monoisotopic (exact) mass is 210 g/mol. The number of carbonyl (C=O) groups excluding carboxylic acids is 2. The first-order valence-corrected chi connectivity index (χ1v) is 5.77. The topological polar surface area (TPSA) is 49.4 Å². The number of likely N-dealkylation sites (tertiary alicyclic amines) is 1. The van der Waals surface area contributed by atoms with Crippen LogP contribution in [0.15, 0.2) is 0 Å². The summed E-state index contributed by atoms with van der Waals surface area (Å²) in [5.74, 6) is 0.0979. The van der Waals surface area contributed by atoms with Gasteiger partial charge in [-0.25, -0.2) is 0 Å². The average Bonchev–Trinajstić information content (AvgIpc) is 2.26. The Balaban J connectivity index is 2.09. The van der Waals surface area contributed by atoms with Crippen LogP contribution in [0.25, 0.3) is 0 Å². The molecule has 0 spiro atoms. The summed E-state index contributed by atoms with van der Waals surface area (Å²) in [4.78, 5) is 25.2. The number of carbonyl (C=O) groups is 2. The molecular weight excluding hydrogens is 192 g/mol. The molecule has 1 unspecified atom stereocenters. The highest BCUT2D eigenvalue weighted by molar-refractivity contribution is 5.99. The van der Waals surface area contributed by atoms with E-state index in [0.29, 0.717) is 6.42 Å². The molecule has 0 radical (unpaired) electrons. The predicted octanol–water partition coefficient (Wildman–Crippen LogP) is 0.523. The lowest BCUT2D eigenvalue weighted by Gasteiger charge is -2.37. The molecule has 2 rings (SSSR count). The van der Waals surface area contributed by atoms with Gasteiger partial charge < -0.3 is 5.32 Å². The number of nitrogens with one attached hydrogen (secondary N) is 1. The van der Waals surface area contributed by atoms with Crippen molar-refractivity contribution in [1.82, 2.24) is 10.2 Å². The van der Waals surface area contributed by atoms with Crippen molar-refractivity contribution >= 4 is 11.8 Å². The quantitative estimate of drug-likeness (QED) is 0.642. The average molecular weight is 210 g/mol. The summed E-state index contributed by atoms with van der Waals surface area (Å²) < 4.78 is 0. The first kappa shape index (κ1) is 10.6. The SMILES string of the molecule is CC1CCC(=O)N(C2CCNCC2)C1=O. The van der Waals surface area contributed by atoms with Gasteiger partial charge in [-0.05, 0) is 32.4 Å². The number of nitrogens with zero attached hydrogens (tertiary/aromatic N) is 1. The summed E-state index contributed by atoms with van der Waals surface area (Å²) in [7, 11) is 0. The summed E-state index contributed by atoms with van der Waals surface area (Å²) in [6.45, 7) is 3.75. The molecule has 4 heteroatoms. The second-order valence-corrected chi connectivity index (χ2v) is 4.52. The van der Waals surface area contributed by atoms with E-state index in [1.807, 2.05) is 6.92 Å². The molecule has 2 amide bonds. The van der Waals surface area contributed by atoms with E-state index in [1.165, 1.54) is 4.90 Å². The largest absolute Gasteiger partial charge is 0.317 e. The summed E-state index contributed by atoms with van der Waals surface area (Å²) >= 11 is 0. The van der Waals surface area contributed by atoms with Crippen LogP contribution in [-0.2, 0) is 9.59 Å². The van der Waals surface area contributed by atoms with Crippen molar-refractivity contribution in [3.05, 3.63) is 0 Å². The summed E-state index contributed by atoms with van der Waals surface area (Å²) in [6.07, 6.45) is 3.07. The Bertz CT molecular complexity index is 272. The van der Waals surface area contributed by atoms with Crippen molar-refractivity contribution < 1.29 is 9.59 Å². The van der Waals surface area contributed by atoms with E-state index in [0.717, 1.165) is 32.4 Å². The zero-order chi connectivity index (χ0) is 10.8. The van der Waals surface area contributed by atoms with Crippen LogP contribution in [0.4, 0.5) is 0 Å². The third-order valence-corrected chi connectivity index (χ3v) is 3.39. The molecule has 2 fully saturated rings. The smallest absolute Gasteiger partial charge is 0.232 e. The molecular formula is C11H18N2O2. The summed E-state index contributed by atoms with van der Waals surface area (Å²) in [5.41, 5.74) is 0. The van der Waals surface area contributed by atoms with Gasteiger partial charge >= 0.3 is 0 Å². The molecule has 0 aromatic heterocycles. The van der Waals surface area contributed by atoms with Crippen molar-refractivity contribution in [3.63, 3.8) is 0 Å². The Kier molecular flexibility index (Phi) is 3.05. The molecule has 0 aromatic rings. The van der Waals surface area contributed by atoms with E-state index >= 15 is 0 Å². The lowest BCUT2D eigenvalue weighted by atomic mass is 9.94. The highest BCUT2D eigenvalue weighted by Crippen LogP contribution is 2.23. The molecule has 2 heterocycles. The normalized spacial score (nSPS) is 29.7. The van der Waals surface area contributed by atoms with Crippen LogP contribution in [-0.4, -0.2) is 35.8 Å². The number of piperidine rings is 2. The minimum absolute atomic E-state index is 0.0255. The Morgan fingerprint density at radius 1 is 1.20 bits per heavy atom. The fourth-order valence-electron chi connectivity index (χ4n) is 2.39. The van der Waals surface area contributed by atoms with Crippen molar-refractivity contribution in [2.75, 3.05) is 13.1 Å². The first-order chi connectivity index (χ1) is 7.20. The Morgan fingerprint density at radius 2 is 1.87 bits per heavy atom. The maximum Gasteiger partial charge on any atom is 0.232 e. The van der Waals surface area contributed by atoms with E-state index in [9.17, 15) is 9.59 Å². The van der Waals surface area contributed by atoms with Gasteiger partial charge in [-0.2, -0.15) is 0 Å². The van der Waals surface area contributed by atoms with Crippen LogP contribution in [0.1, 0.15) is 32.6 Å². The minimum atomic E-state index is 0.0255. The van der Waals surface area contributed by atoms with Gasteiger partial charge in [0.25, 0.3) is 0 Å². The second kappa shape index (κ2) is 4.31. The molecule has 1 N–H and O–H groups in total. The molecule has 15 heavy (non-hydrogen) atoms. The van der Waals surface area contributed by atoms with E-state index in [2.05, 4.69) is 5.32 Å². The number of rotatable bonds is 1. The molecule has 2 saturated heterocycles. The Labute approximate surface area is 90.0 Å². The lowest BCUT2D eigenvalue weighted by Crippen LogP contribution is -2.53. The van der Waals surface area contributed by atoms with Gasteiger partial charge in [-0.15, -0.1) is 0 Å². The van der Waals surface area contributed by atoms with Crippen LogP contribution < -0.4 is 5.32 Å². The van der Waals surface area contributed by atoms with Gasteiger partial charge in [0, 0.05) is 18.4 Å². The minimum Gasteiger partial charge on any atom is -0.317 e. The van der Waals surface area contributed by atoms with E-state index in [4.69, 9.17) is 0 Å². The van der Waals surface area contributed by atoms with Crippen LogP contribution in [0.5, 0.6) is 0 Å². The molecule has 0 aliphatic carbocycles. The van der Waals surface area contributed by atoms with Crippen molar-refractivity contribution in [2.24, 2.45) is 5.92 Å². The summed E-state index contributed by atoms with van der Waals surface area (Å²) in [6, 6.07) is 0.147. The first-order valence-electron chi connectivity index (χ1n) is 5.77. The van der Waals surface area contributed by atoms with Crippen molar-refractivity contribution in [1.29, 1.82) is 0 Å². The molecule has 2 aliphatic rings. The molecule has 84 valence electrons. The van der Waals surface area contributed by atoms with Crippen LogP contribution in [0.3, 0.4) is 0 Å². The summed E-state index contributed by atoms with van der Waals surface area (Å²) in [5, 5.41) is 3.25. The van der Waals surface area contributed by atoms with Gasteiger partial charge in [0.05, 0.1) is 0 Å². The molecule has 0 saturated carbocycles. The zero-order valence-corrected chi connectivity index (χ0v) is 9.16. The Morgan fingerprint density at radius 3 is 2.53 bits per heavy atom. The van der Waals surface area contributed by atoms with Gasteiger partial charge in [0.1, 0.15) is 0 Å². The predicted molar refractivity (Wildman–Crippen MR) is 56.1 cm³/mol. The fraction of sp³-hybridized carbons (Fsp3) is 0.818. The van der Waals surface area contributed by atoms with Crippen LogP contribution >= 0.6 is 0 Å². The highest BCUT2D eigenvalue weighted by atomic mass is 16.2. The number of hydrogen-bond acceptors (Lipinski definition) is 3. The highest BCUT2D eigenvalue weighted by Gasteiger charge is 2.36. The van der Waals surface area contributed by atoms with Gasteiger partial charge in [0.15, 0.2) is 0 Å². The molecule has 2 aliphatic heterocycles. The van der Waals surface area contributed by atoms with Crippen molar-refractivity contribution in [3.8, 4) is 0 Å². The fourth-order valence-corrected chi connectivity index (χ4v) is 2.39. The maximum absolute atomic E-state index is 11.9. The zero-order valence-electron chi connectivity index (χ0n) is 9.16. The maximum atomic E-state index is 11.9. The second-order valence-electron chi connectivity index (χ2n) is 4.52. The molecule has 1 atom stereocenters. The van der Waals surface area contributed by atoms with Gasteiger partial charge in [-0.3, -0.25) is 14.5 Å². The van der Waals surface area contributed by atoms with E-state index < -0.39 is 0 Å². The number of imide groups is 1. The van der Waals surface area contributed by atoms with Crippen LogP contribution in [0.2, 0.25) is 0 Å². The van der Waals surface area contributed by atoms with Crippen LogP contribution in [0, 0.1) is 5.92 Å². The van der Waals surface area contributed by atoms with Gasteiger partial charge in [-0.1, -0.05) is 6.92 Å². The molecule has 0 aromatic carbocycles. The van der Waals surface area contributed by atoms with E-state index in [-0.39, 0.29) is 23.8 Å². The lowest BCUT2D eigenvalue weighted by molar-refractivity contribution is -0.154. The third-order valence-electron chi connectivity index (χ3n) is 3.39. The standard InChI is InChI=1S/C11H18N2O2/c1-8-2-3-10(14)13(11(8)15)9-4-6-12-7-5-9/h8-9,12H,2-7H2,1H3. The van der Waals surface area contributed by atoms with Gasteiger partial charge in [0.2, 0.25) is 11.8 Å². The Hall–Kier alpha value is -0.900. The van der Waals surface area contributed by atoms with E-state index in [1.54, 1.807) is 0 Å². The van der Waals surface area contributed by atoms with Crippen molar-refractivity contribution in [2.45, 2.75) is 38.6 Å².